The molecule has 1 saturated heterocycles. The molecule has 104 valence electrons. The van der Waals surface area contributed by atoms with Crippen LogP contribution in [-0.2, 0) is 20.8 Å². The van der Waals surface area contributed by atoms with Crippen LogP contribution in [0.15, 0.2) is 29.4 Å². The molecule has 1 aromatic rings. The van der Waals surface area contributed by atoms with E-state index in [9.17, 15) is 9.59 Å². The molecule has 0 bridgehead atoms. The third-order valence-electron chi connectivity index (χ3n) is 4.02. The Kier molecular flexibility index (Phi) is 3.26. The zero-order chi connectivity index (χ0) is 14.1. The Morgan fingerprint density at radius 2 is 2.15 bits per heavy atom. The molecule has 0 saturated carbocycles. The SMILES string of the molecule is CO/N=C\[C@H]1C(=O)C[C@@H]2c3ccccc3CCN2C1=O. The van der Waals surface area contributed by atoms with E-state index in [1.807, 2.05) is 18.2 Å². The van der Waals surface area contributed by atoms with Crippen LogP contribution in [0.25, 0.3) is 0 Å². The van der Waals surface area contributed by atoms with Gasteiger partial charge < -0.3 is 9.74 Å². The van der Waals surface area contributed by atoms with Crippen LogP contribution in [-0.4, -0.2) is 36.5 Å². The van der Waals surface area contributed by atoms with Gasteiger partial charge in [0.25, 0.3) is 0 Å². The Morgan fingerprint density at radius 3 is 2.95 bits per heavy atom. The molecule has 0 radical (unpaired) electrons. The van der Waals surface area contributed by atoms with Crippen LogP contribution in [0.2, 0.25) is 0 Å². The number of hydrogen-bond acceptors (Lipinski definition) is 4. The van der Waals surface area contributed by atoms with Gasteiger partial charge in [0.15, 0.2) is 5.78 Å². The van der Waals surface area contributed by atoms with Gasteiger partial charge in [-0.3, -0.25) is 9.59 Å². The fraction of sp³-hybridized carbons (Fsp3) is 0.400. The molecule has 5 heteroatoms. The Bertz CT molecular complexity index is 582. The Morgan fingerprint density at radius 1 is 1.35 bits per heavy atom. The van der Waals surface area contributed by atoms with E-state index in [-0.39, 0.29) is 17.7 Å². The molecule has 0 N–H and O–H groups in total. The largest absolute Gasteiger partial charge is 0.399 e. The van der Waals surface area contributed by atoms with E-state index in [0.717, 1.165) is 12.0 Å². The van der Waals surface area contributed by atoms with Crippen molar-refractivity contribution in [2.45, 2.75) is 18.9 Å². The molecule has 2 atom stereocenters. The summed E-state index contributed by atoms with van der Waals surface area (Å²) < 4.78 is 0. The fourth-order valence-corrected chi connectivity index (χ4v) is 3.04. The maximum atomic E-state index is 12.4. The predicted molar refractivity (Wildman–Crippen MR) is 73.2 cm³/mol. The highest BCUT2D eigenvalue weighted by molar-refractivity contribution is 6.15. The van der Waals surface area contributed by atoms with Gasteiger partial charge in [-0.2, -0.15) is 0 Å². The highest BCUT2D eigenvalue weighted by atomic mass is 16.6. The number of fused-ring (bicyclic) bond motifs is 3. The number of carbonyl (C=O) groups is 2. The minimum absolute atomic E-state index is 0.0891. The molecule has 3 rings (SSSR count). The first-order chi connectivity index (χ1) is 9.72. The van der Waals surface area contributed by atoms with Crippen molar-refractivity contribution >= 4 is 17.9 Å². The lowest BCUT2D eigenvalue weighted by atomic mass is 9.82. The quantitative estimate of drug-likeness (QED) is 0.463. The van der Waals surface area contributed by atoms with E-state index in [1.165, 1.54) is 18.9 Å². The summed E-state index contributed by atoms with van der Waals surface area (Å²) >= 11 is 0. The number of piperidine rings is 1. The minimum Gasteiger partial charge on any atom is -0.399 e. The van der Waals surface area contributed by atoms with E-state index in [0.29, 0.717) is 13.0 Å². The number of benzene rings is 1. The van der Waals surface area contributed by atoms with E-state index in [4.69, 9.17) is 0 Å². The topological polar surface area (TPSA) is 59.0 Å². The number of carbonyl (C=O) groups excluding carboxylic acids is 2. The predicted octanol–water partition coefficient (Wildman–Crippen LogP) is 1.33. The van der Waals surface area contributed by atoms with Crippen molar-refractivity contribution in [3.05, 3.63) is 35.4 Å². The van der Waals surface area contributed by atoms with Gasteiger partial charge in [0, 0.05) is 13.0 Å². The Balaban J connectivity index is 1.93. The van der Waals surface area contributed by atoms with Crippen molar-refractivity contribution in [1.82, 2.24) is 4.90 Å². The first-order valence-electron chi connectivity index (χ1n) is 6.70. The summed E-state index contributed by atoms with van der Waals surface area (Å²) in [4.78, 5) is 31.0. The van der Waals surface area contributed by atoms with Crippen LogP contribution < -0.4 is 0 Å². The first kappa shape index (κ1) is 12.8. The fourth-order valence-electron chi connectivity index (χ4n) is 3.04. The van der Waals surface area contributed by atoms with Crippen molar-refractivity contribution in [3.8, 4) is 0 Å². The summed E-state index contributed by atoms with van der Waals surface area (Å²) in [6, 6.07) is 7.91. The number of oxime groups is 1. The normalized spacial score (nSPS) is 25.6. The van der Waals surface area contributed by atoms with Crippen LogP contribution in [0.4, 0.5) is 0 Å². The van der Waals surface area contributed by atoms with Gasteiger partial charge in [-0.15, -0.1) is 0 Å². The Labute approximate surface area is 117 Å². The molecule has 2 aliphatic heterocycles. The average molecular weight is 272 g/mol. The maximum Gasteiger partial charge on any atom is 0.239 e. The molecular formula is C15H16N2O3. The van der Waals surface area contributed by atoms with Gasteiger partial charge in [0.05, 0.1) is 12.3 Å². The summed E-state index contributed by atoms with van der Waals surface area (Å²) in [6.07, 6.45) is 2.49. The zero-order valence-electron chi connectivity index (χ0n) is 11.3. The molecule has 2 heterocycles. The second kappa shape index (κ2) is 5.07. The summed E-state index contributed by atoms with van der Waals surface area (Å²) in [5.41, 5.74) is 2.33. The molecular weight excluding hydrogens is 256 g/mol. The summed E-state index contributed by atoms with van der Waals surface area (Å²) in [7, 11) is 1.40. The van der Waals surface area contributed by atoms with Crippen LogP contribution >= 0.6 is 0 Å². The van der Waals surface area contributed by atoms with Crippen LogP contribution in [0, 0.1) is 5.92 Å². The Hall–Kier alpha value is -2.17. The van der Waals surface area contributed by atoms with E-state index >= 15 is 0 Å². The van der Waals surface area contributed by atoms with Crippen molar-refractivity contribution in [3.63, 3.8) is 0 Å². The van der Waals surface area contributed by atoms with Gasteiger partial charge in [-0.1, -0.05) is 29.4 Å². The molecule has 2 aliphatic rings. The van der Waals surface area contributed by atoms with Gasteiger partial charge in [-0.25, -0.2) is 0 Å². The standard InChI is InChI=1S/C15H16N2O3/c1-20-16-9-12-14(18)8-13-11-5-3-2-4-10(11)6-7-17(13)15(12)19/h2-5,9,12-13H,6-8H2,1H3/b16-9-/t12-,13+/m0/s1. The van der Waals surface area contributed by atoms with Gasteiger partial charge in [-0.05, 0) is 17.5 Å². The number of rotatable bonds is 2. The van der Waals surface area contributed by atoms with Crippen LogP contribution in [0.3, 0.4) is 0 Å². The third kappa shape index (κ3) is 1.99. The molecule has 0 aliphatic carbocycles. The van der Waals surface area contributed by atoms with Crippen molar-refractivity contribution < 1.29 is 14.4 Å². The maximum absolute atomic E-state index is 12.4. The van der Waals surface area contributed by atoms with Gasteiger partial charge >= 0.3 is 0 Å². The van der Waals surface area contributed by atoms with Crippen molar-refractivity contribution in [1.29, 1.82) is 0 Å². The van der Waals surface area contributed by atoms with E-state index in [1.54, 1.807) is 4.90 Å². The molecule has 1 aromatic carbocycles. The van der Waals surface area contributed by atoms with Crippen LogP contribution in [0.5, 0.6) is 0 Å². The minimum atomic E-state index is -0.795. The third-order valence-corrected chi connectivity index (χ3v) is 4.02. The summed E-state index contributed by atoms with van der Waals surface area (Å²) in [5, 5.41) is 3.58. The number of hydrogen-bond donors (Lipinski definition) is 0. The lowest BCUT2D eigenvalue weighted by molar-refractivity contribution is -0.146. The number of nitrogens with zero attached hydrogens (tertiary/aromatic N) is 2. The molecule has 1 amide bonds. The van der Waals surface area contributed by atoms with Gasteiger partial charge in [0.2, 0.25) is 5.91 Å². The molecule has 1 fully saturated rings. The molecule has 0 aromatic heterocycles. The average Bonchev–Trinajstić information content (AvgIpc) is 2.47. The lowest BCUT2D eigenvalue weighted by Crippen LogP contribution is -2.50. The van der Waals surface area contributed by atoms with E-state index in [2.05, 4.69) is 16.1 Å². The zero-order valence-corrected chi connectivity index (χ0v) is 11.3. The molecule has 0 unspecified atom stereocenters. The molecule has 0 spiro atoms. The summed E-state index contributed by atoms with van der Waals surface area (Å²) in [6.45, 7) is 0.658. The van der Waals surface area contributed by atoms with Gasteiger partial charge in [0.1, 0.15) is 13.0 Å². The smallest absolute Gasteiger partial charge is 0.239 e. The van der Waals surface area contributed by atoms with Crippen molar-refractivity contribution in [2.75, 3.05) is 13.7 Å². The van der Waals surface area contributed by atoms with Crippen molar-refractivity contribution in [2.24, 2.45) is 11.1 Å². The number of Topliss-reactive ketones (excluding diaryl/α,β-unsaturated/α-hetero) is 1. The first-order valence-corrected chi connectivity index (χ1v) is 6.70. The van der Waals surface area contributed by atoms with E-state index < -0.39 is 5.92 Å². The number of amides is 1. The lowest BCUT2D eigenvalue weighted by Gasteiger charge is -2.41. The monoisotopic (exact) mass is 272 g/mol. The second-order valence-corrected chi connectivity index (χ2v) is 5.08. The molecule has 5 nitrogen and oxygen atoms in total. The second-order valence-electron chi connectivity index (χ2n) is 5.08. The highest BCUT2D eigenvalue weighted by Gasteiger charge is 2.42. The van der Waals surface area contributed by atoms with Crippen LogP contribution in [0.1, 0.15) is 23.6 Å². The number of ketones is 1. The highest BCUT2D eigenvalue weighted by Crippen LogP contribution is 2.37. The summed E-state index contributed by atoms with van der Waals surface area (Å²) in [5.74, 6) is -1.05. The molecule has 20 heavy (non-hydrogen) atoms.